The number of rotatable bonds is 1. The van der Waals surface area contributed by atoms with E-state index in [0.29, 0.717) is 5.02 Å². The van der Waals surface area contributed by atoms with E-state index in [2.05, 4.69) is 0 Å². The molecule has 0 aromatic heterocycles. The number of hydrogen-bond acceptors (Lipinski definition) is 3. The van der Waals surface area contributed by atoms with Gasteiger partial charge >= 0.3 is 5.97 Å². The number of hydrogen-bond donors (Lipinski definition) is 0. The largest absolute Gasteiger partial charge is 0.456 e. The number of halogens is 1. The van der Waals surface area contributed by atoms with Gasteiger partial charge in [-0.25, -0.2) is 0 Å². The van der Waals surface area contributed by atoms with Gasteiger partial charge in [0.2, 0.25) is 0 Å². The maximum Gasteiger partial charge on any atom is 0.316 e. The standard InChI is InChI=1S/C14H15ClO3/c1-8-11(16)14(2,3)12(18-13(8)17)9-4-6-10(15)7-5-9/h4-8,12H,1-3H3/t8-,12+/m1/s1. The van der Waals surface area contributed by atoms with Crippen LogP contribution in [-0.2, 0) is 14.3 Å². The summed E-state index contributed by atoms with van der Waals surface area (Å²) in [6, 6.07) is 7.02. The van der Waals surface area contributed by atoms with Gasteiger partial charge in [-0.2, -0.15) is 0 Å². The average molecular weight is 267 g/mol. The van der Waals surface area contributed by atoms with E-state index in [9.17, 15) is 9.59 Å². The highest BCUT2D eigenvalue weighted by molar-refractivity contribution is 6.30. The van der Waals surface area contributed by atoms with Gasteiger partial charge in [-0.15, -0.1) is 0 Å². The first-order chi connectivity index (χ1) is 8.34. The minimum Gasteiger partial charge on any atom is -0.456 e. The Labute approximate surface area is 111 Å². The summed E-state index contributed by atoms with van der Waals surface area (Å²) in [5.41, 5.74) is 0.0687. The molecule has 1 aromatic carbocycles. The van der Waals surface area contributed by atoms with Crippen molar-refractivity contribution in [2.75, 3.05) is 0 Å². The number of carbonyl (C=O) groups excluding carboxylic acids is 2. The summed E-state index contributed by atoms with van der Waals surface area (Å²) in [5, 5.41) is 0.610. The molecule has 2 rings (SSSR count). The van der Waals surface area contributed by atoms with Gasteiger partial charge in [-0.1, -0.05) is 23.7 Å². The molecule has 1 aliphatic heterocycles. The van der Waals surface area contributed by atoms with E-state index in [1.807, 2.05) is 0 Å². The molecule has 0 spiro atoms. The molecule has 2 atom stereocenters. The second kappa shape index (κ2) is 4.39. The number of esters is 1. The fourth-order valence-corrected chi connectivity index (χ4v) is 2.41. The molecule has 1 heterocycles. The van der Waals surface area contributed by atoms with Crippen LogP contribution in [0.4, 0.5) is 0 Å². The number of ketones is 1. The summed E-state index contributed by atoms with van der Waals surface area (Å²) in [6.45, 7) is 5.19. The lowest BCUT2D eigenvalue weighted by Crippen LogP contribution is -2.46. The second-order valence-corrected chi connectivity index (χ2v) is 5.61. The summed E-state index contributed by atoms with van der Waals surface area (Å²) in [5.74, 6) is -1.23. The second-order valence-electron chi connectivity index (χ2n) is 5.18. The van der Waals surface area contributed by atoms with Crippen LogP contribution in [0.3, 0.4) is 0 Å². The Kier molecular flexibility index (Phi) is 3.20. The van der Waals surface area contributed by atoms with Gasteiger partial charge in [0, 0.05) is 5.02 Å². The Hall–Kier alpha value is -1.35. The van der Waals surface area contributed by atoms with Crippen LogP contribution >= 0.6 is 11.6 Å². The highest BCUT2D eigenvalue weighted by atomic mass is 35.5. The third-order valence-electron chi connectivity index (χ3n) is 3.44. The fourth-order valence-electron chi connectivity index (χ4n) is 2.28. The van der Waals surface area contributed by atoms with Crippen molar-refractivity contribution < 1.29 is 14.3 Å². The van der Waals surface area contributed by atoms with Crippen LogP contribution in [0.25, 0.3) is 0 Å². The van der Waals surface area contributed by atoms with Gasteiger partial charge < -0.3 is 4.74 Å². The average Bonchev–Trinajstić information content (AvgIpc) is 2.33. The van der Waals surface area contributed by atoms with E-state index >= 15 is 0 Å². The molecule has 96 valence electrons. The summed E-state index contributed by atoms with van der Waals surface area (Å²) in [4.78, 5) is 23.9. The summed E-state index contributed by atoms with van der Waals surface area (Å²) >= 11 is 5.83. The van der Waals surface area contributed by atoms with E-state index < -0.39 is 23.4 Å². The quantitative estimate of drug-likeness (QED) is 0.579. The van der Waals surface area contributed by atoms with Crippen LogP contribution in [0.2, 0.25) is 5.02 Å². The monoisotopic (exact) mass is 266 g/mol. The van der Waals surface area contributed by atoms with Crippen LogP contribution in [-0.4, -0.2) is 11.8 Å². The van der Waals surface area contributed by atoms with E-state index in [0.717, 1.165) is 5.56 Å². The lowest BCUT2D eigenvalue weighted by molar-refractivity contribution is -0.177. The molecular weight excluding hydrogens is 252 g/mol. The number of ether oxygens (including phenoxy) is 1. The molecule has 0 bridgehead atoms. The molecule has 1 fully saturated rings. The molecule has 18 heavy (non-hydrogen) atoms. The van der Waals surface area contributed by atoms with Crippen molar-refractivity contribution in [2.24, 2.45) is 11.3 Å². The molecule has 0 saturated carbocycles. The first-order valence-corrected chi connectivity index (χ1v) is 6.22. The minimum absolute atomic E-state index is 0.0845. The summed E-state index contributed by atoms with van der Waals surface area (Å²) in [7, 11) is 0. The van der Waals surface area contributed by atoms with Crippen molar-refractivity contribution in [1.29, 1.82) is 0 Å². The Morgan fingerprint density at radius 3 is 2.28 bits per heavy atom. The third kappa shape index (κ3) is 2.03. The Balaban J connectivity index is 2.40. The van der Waals surface area contributed by atoms with E-state index in [1.165, 1.54) is 0 Å². The Morgan fingerprint density at radius 2 is 1.72 bits per heavy atom. The molecule has 1 saturated heterocycles. The zero-order valence-electron chi connectivity index (χ0n) is 10.6. The molecule has 0 N–H and O–H groups in total. The molecule has 1 aromatic rings. The van der Waals surface area contributed by atoms with Crippen molar-refractivity contribution >= 4 is 23.4 Å². The molecule has 0 radical (unpaired) electrons. The SMILES string of the molecule is C[C@H]1C(=O)O[C@@H](c2ccc(Cl)cc2)C(C)(C)C1=O. The zero-order valence-corrected chi connectivity index (χ0v) is 11.3. The van der Waals surface area contributed by atoms with Crippen molar-refractivity contribution in [3.63, 3.8) is 0 Å². The van der Waals surface area contributed by atoms with Crippen LogP contribution in [0.15, 0.2) is 24.3 Å². The minimum atomic E-state index is -0.721. The Morgan fingerprint density at radius 1 is 1.17 bits per heavy atom. The van der Waals surface area contributed by atoms with Crippen molar-refractivity contribution in [3.8, 4) is 0 Å². The lowest BCUT2D eigenvalue weighted by Gasteiger charge is -2.39. The van der Waals surface area contributed by atoms with Crippen molar-refractivity contribution in [3.05, 3.63) is 34.9 Å². The molecule has 4 heteroatoms. The fraction of sp³-hybridized carbons (Fsp3) is 0.429. The maximum absolute atomic E-state index is 12.2. The maximum atomic E-state index is 12.2. The highest BCUT2D eigenvalue weighted by Crippen LogP contribution is 2.43. The predicted octanol–water partition coefficient (Wildman–Crippen LogP) is 3.17. The first kappa shape index (κ1) is 13.1. The number of carbonyl (C=O) groups is 2. The zero-order chi connectivity index (χ0) is 13.5. The van der Waals surface area contributed by atoms with Gasteiger partial charge in [0.1, 0.15) is 12.0 Å². The predicted molar refractivity (Wildman–Crippen MR) is 68.2 cm³/mol. The number of cyclic esters (lactones) is 1. The molecule has 0 amide bonds. The van der Waals surface area contributed by atoms with Gasteiger partial charge in [-0.05, 0) is 38.5 Å². The molecular formula is C14H15ClO3. The van der Waals surface area contributed by atoms with E-state index in [-0.39, 0.29) is 5.78 Å². The van der Waals surface area contributed by atoms with Gasteiger partial charge in [0.25, 0.3) is 0 Å². The summed E-state index contributed by atoms with van der Waals surface area (Å²) < 4.78 is 5.41. The normalized spacial score (nSPS) is 26.9. The van der Waals surface area contributed by atoms with E-state index in [1.54, 1.807) is 45.0 Å². The highest BCUT2D eigenvalue weighted by Gasteiger charge is 2.49. The van der Waals surface area contributed by atoms with Crippen molar-refractivity contribution in [2.45, 2.75) is 26.9 Å². The van der Waals surface area contributed by atoms with Crippen LogP contribution in [0.1, 0.15) is 32.4 Å². The smallest absolute Gasteiger partial charge is 0.316 e. The number of benzene rings is 1. The molecule has 0 unspecified atom stereocenters. The number of Topliss-reactive ketones (excluding diaryl/α,β-unsaturated/α-hetero) is 1. The van der Waals surface area contributed by atoms with Crippen LogP contribution in [0, 0.1) is 11.3 Å². The van der Waals surface area contributed by atoms with Gasteiger partial charge in [-0.3, -0.25) is 9.59 Å². The van der Waals surface area contributed by atoms with Crippen molar-refractivity contribution in [1.82, 2.24) is 0 Å². The van der Waals surface area contributed by atoms with Gasteiger partial charge in [0.05, 0.1) is 5.41 Å². The third-order valence-corrected chi connectivity index (χ3v) is 3.70. The molecule has 0 aliphatic carbocycles. The Bertz CT molecular complexity index is 490. The van der Waals surface area contributed by atoms with Gasteiger partial charge in [0.15, 0.2) is 5.78 Å². The topological polar surface area (TPSA) is 43.4 Å². The first-order valence-electron chi connectivity index (χ1n) is 5.84. The molecule has 3 nitrogen and oxygen atoms in total. The van der Waals surface area contributed by atoms with Crippen LogP contribution in [0.5, 0.6) is 0 Å². The lowest BCUT2D eigenvalue weighted by atomic mass is 9.73. The summed E-state index contributed by atoms with van der Waals surface area (Å²) in [6.07, 6.45) is -0.550. The van der Waals surface area contributed by atoms with E-state index in [4.69, 9.17) is 16.3 Å². The molecule has 1 aliphatic rings. The van der Waals surface area contributed by atoms with Crippen LogP contribution < -0.4 is 0 Å².